The maximum Gasteiger partial charge on any atom is 0.271 e. The number of carbonyl (C=O) groups excluding carboxylic acids is 1. The van der Waals surface area contributed by atoms with E-state index in [-0.39, 0.29) is 0 Å². The van der Waals surface area contributed by atoms with Crippen LogP contribution in [0, 0.1) is 0 Å². The van der Waals surface area contributed by atoms with Crippen LogP contribution in [0.15, 0.2) is 23.3 Å². The van der Waals surface area contributed by atoms with Crippen molar-refractivity contribution < 1.29 is 30.3 Å². The highest BCUT2D eigenvalue weighted by molar-refractivity contribution is 6.33. The molecule has 0 bridgehead atoms. The molecule has 0 saturated carbocycles. The standard InChI is InChI=1S/C15H22ClN3O6/c1-19(2)9-4-3-8(10(16)5-9)6-17-18-15(25)14(24)13(23)12(22)11(21)7-20/h3-6,11-14,20-24H,7H2,1-2H3,(H,18,25)/b17-6-/t11-,12-,13-,14+/m1/s1. The predicted octanol–water partition coefficient (Wildman–Crippen LogP) is -1.71. The Hall–Kier alpha value is -1.75. The summed E-state index contributed by atoms with van der Waals surface area (Å²) in [5.41, 5.74) is 3.37. The van der Waals surface area contributed by atoms with Crippen LogP contribution in [0.5, 0.6) is 0 Å². The van der Waals surface area contributed by atoms with Crippen LogP contribution < -0.4 is 10.3 Å². The quantitative estimate of drug-likeness (QED) is 0.234. The molecular formula is C15H22ClN3O6. The Kier molecular flexibility index (Phi) is 8.23. The Bertz CT molecular complexity index is 613. The van der Waals surface area contributed by atoms with E-state index in [9.17, 15) is 25.2 Å². The van der Waals surface area contributed by atoms with E-state index in [1.165, 1.54) is 6.21 Å². The second-order valence-corrected chi connectivity index (χ2v) is 5.92. The molecule has 0 spiro atoms. The first-order chi connectivity index (χ1) is 11.7. The number of hydrazone groups is 1. The second kappa shape index (κ2) is 9.66. The number of benzene rings is 1. The fourth-order valence-corrected chi connectivity index (χ4v) is 2.03. The van der Waals surface area contributed by atoms with Gasteiger partial charge >= 0.3 is 0 Å². The predicted molar refractivity (Wildman–Crippen MR) is 92.6 cm³/mol. The minimum Gasteiger partial charge on any atom is -0.394 e. The van der Waals surface area contributed by atoms with Gasteiger partial charge in [0.15, 0.2) is 6.10 Å². The molecule has 0 aromatic heterocycles. The summed E-state index contributed by atoms with van der Waals surface area (Å²) in [6.07, 6.45) is -6.41. The summed E-state index contributed by atoms with van der Waals surface area (Å²) < 4.78 is 0. The number of aliphatic hydroxyl groups excluding tert-OH is 5. The molecule has 1 aromatic carbocycles. The molecular weight excluding hydrogens is 354 g/mol. The van der Waals surface area contributed by atoms with Gasteiger partial charge < -0.3 is 30.4 Å². The lowest BCUT2D eigenvalue weighted by atomic mass is 10.0. The van der Waals surface area contributed by atoms with Gasteiger partial charge in [-0.1, -0.05) is 11.6 Å². The summed E-state index contributed by atoms with van der Waals surface area (Å²) >= 11 is 6.09. The van der Waals surface area contributed by atoms with E-state index in [4.69, 9.17) is 16.7 Å². The molecule has 0 radical (unpaired) electrons. The lowest BCUT2D eigenvalue weighted by Crippen LogP contribution is -2.50. The normalized spacial score (nSPS) is 16.3. The van der Waals surface area contributed by atoms with Gasteiger partial charge in [-0.3, -0.25) is 4.79 Å². The summed E-state index contributed by atoms with van der Waals surface area (Å²) in [6, 6.07) is 5.18. The summed E-state index contributed by atoms with van der Waals surface area (Å²) in [5.74, 6) is -1.10. The van der Waals surface area contributed by atoms with Gasteiger partial charge in [-0.2, -0.15) is 5.10 Å². The number of halogens is 1. The molecule has 1 amide bonds. The lowest BCUT2D eigenvalue weighted by molar-refractivity contribution is -0.148. The first-order valence-corrected chi connectivity index (χ1v) is 7.69. The third kappa shape index (κ3) is 5.92. The number of carbonyl (C=O) groups is 1. The van der Waals surface area contributed by atoms with E-state index in [1.54, 1.807) is 18.2 Å². The van der Waals surface area contributed by atoms with Gasteiger partial charge in [-0.25, -0.2) is 5.43 Å². The largest absolute Gasteiger partial charge is 0.394 e. The Balaban J connectivity index is 2.68. The van der Waals surface area contributed by atoms with E-state index >= 15 is 0 Å². The van der Waals surface area contributed by atoms with E-state index in [2.05, 4.69) is 5.10 Å². The van der Waals surface area contributed by atoms with Crippen molar-refractivity contribution >= 4 is 29.4 Å². The Morgan fingerprint density at radius 1 is 1.28 bits per heavy atom. The van der Waals surface area contributed by atoms with Gasteiger partial charge in [0.1, 0.15) is 18.3 Å². The highest BCUT2D eigenvalue weighted by Gasteiger charge is 2.34. The third-order valence-corrected chi connectivity index (χ3v) is 3.73. The molecule has 0 fully saturated rings. The van der Waals surface area contributed by atoms with Crippen LogP contribution in [-0.4, -0.2) is 82.8 Å². The molecule has 140 valence electrons. The molecule has 1 rings (SSSR count). The summed E-state index contributed by atoms with van der Waals surface area (Å²) in [4.78, 5) is 13.5. The highest BCUT2D eigenvalue weighted by atomic mass is 35.5. The summed E-state index contributed by atoms with van der Waals surface area (Å²) in [5, 5.41) is 50.6. The Morgan fingerprint density at radius 3 is 2.44 bits per heavy atom. The van der Waals surface area contributed by atoms with Crippen molar-refractivity contribution in [3.05, 3.63) is 28.8 Å². The molecule has 25 heavy (non-hydrogen) atoms. The minimum atomic E-state index is -2.06. The molecule has 0 aliphatic carbocycles. The number of rotatable bonds is 8. The number of hydrogen-bond donors (Lipinski definition) is 6. The van der Waals surface area contributed by atoms with E-state index in [1.807, 2.05) is 24.4 Å². The maximum atomic E-state index is 11.7. The van der Waals surface area contributed by atoms with Crippen LogP contribution >= 0.6 is 11.6 Å². The van der Waals surface area contributed by atoms with Crippen molar-refractivity contribution in [2.45, 2.75) is 24.4 Å². The molecule has 1 aromatic rings. The first kappa shape index (κ1) is 21.3. The van der Waals surface area contributed by atoms with Crippen LogP contribution in [0.4, 0.5) is 5.69 Å². The lowest BCUT2D eigenvalue weighted by Gasteiger charge is -2.24. The van der Waals surface area contributed by atoms with E-state index in [0.29, 0.717) is 10.6 Å². The topological polar surface area (TPSA) is 146 Å². The zero-order chi connectivity index (χ0) is 19.1. The number of anilines is 1. The monoisotopic (exact) mass is 375 g/mol. The second-order valence-electron chi connectivity index (χ2n) is 5.51. The van der Waals surface area contributed by atoms with Gasteiger partial charge in [0, 0.05) is 25.3 Å². The number of hydrogen-bond acceptors (Lipinski definition) is 8. The number of nitrogens with one attached hydrogen (secondary N) is 1. The van der Waals surface area contributed by atoms with Crippen molar-refractivity contribution in [2.24, 2.45) is 5.10 Å². The number of aliphatic hydroxyl groups is 5. The van der Waals surface area contributed by atoms with Gasteiger partial charge in [-0.15, -0.1) is 0 Å². The number of nitrogens with zero attached hydrogens (tertiary/aromatic N) is 2. The zero-order valence-corrected chi connectivity index (χ0v) is 14.5. The molecule has 0 heterocycles. The van der Waals surface area contributed by atoms with Crippen molar-refractivity contribution in [3.63, 3.8) is 0 Å². The van der Waals surface area contributed by atoms with Gasteiger partial charge in [-0.05, 0) is 18.2 Å². The van der Waals surface area contributed by atoms with Crippen molar-refractivity contribution in [2.75, 3.05) is 25.6 Å². The van der Waals surface area contributed by atoms with Crippen LogP contribution in [-0.2, 0) is 4.79 Å². The smallest absolute Gasteiger partial charge is 0.271 e. The third-order valence-electron chi connectivity index (χ3n) is 3.40. The van der Waals surface area contributed by atoms with Crippen LogP contribution in [0.3, 0.4) is 0 Å². The molecule has 4 atom stereocenters. The van der Waals surface area contributed by atoms with Crippen molar-refractivity contribution in [1.82, 2.24) is 5.43 Å². The summed E-state index contributed by atoms with van der Waals surface area (Å²) in [7, 11) is 3.71. The van der Waals surface area contributed by atoms with Crippen LogP contribution in [0.2, 0.25) is 5.02 Å². The van der Waals surface area contributed by atoms with Crippen molar-refractivity contribution in [3.8, 4) is 0 Å². The van der Waals surface area contributed by atoms with E-state index in [0.717, 1.165) is 5.69 Å². The fourth-order valence-electron chi connectivity index (χ4n) is 1.81. The number of amides is 1. The Morgan fingerprint density at radius 2 is 1.92 bits per heavy atom. The van der Waals surface area contributed by atoms with Crippen molar-refractivity contribution in [1.29, 1.82) is 0 Å². The van der Waals surface area contributed by atoms with Gasteiger partial charge in [0.2, 0.25) is 0 Å². The van der Waals surface area contributed by atoms with E-state index < -0.39 is 36.9 Å². The fraction of sp³-hybridized carbons (Fsp3) is 0.467. The average Bonchev–Trinajstić information content (AvgIpc) is 2.59. The van der Waals surface area contributed by atoms with Crippen LogP contribution in [0.25, 0.3) is 0 Å². The SMILES string of the molecule is CN(C)c1ccc(/C=N\NC(=O)[C@@H](O)[C@H](O)[C@H](O)[C@H](O)CO)c(Cl)c1. The van der Waals surface area contributed by atoms with Gasteiger partial charge in [0.05, 0.1) is 17.8 Å². The zero-order valence-electron chi connectivity index (χ0n) is 13.7. The molecule has 0 aliphatic heterocycles. The molecule has 10 heteroatoms. The average molecular weight is 376 g/mol. The highest BCUT2D eigenvalue weighted by Crippen LogP contribution is 2.21. The minimum absolute atomic E-state index is 0.395. The molecule has 0 saturated heterocycles. The first-order valence-electron chi connectivity index (χ1n) is 7.32. The maximum absolute atomic E-state index is 11.7. The summed E-state index contributed by atoms with van der Waals surface area (Å²) in [6.45, 7) is -0.841. The van der Waals surface area contributed by atoms with Gasteiger partial charge in [0.25, 0.3) is 5.91 Å². The molecule has 9 nitrogen and oxygen atoms in total. The molecule has 0 unspecified atom stereocenters. The molecule has 0 aliphatic rings. The van der Waals surface area contributed by atoms with Crippen LogP contribution in [0.1, 0.15) is 5.56 Å². The Labute approximate surface area is 149 Å². The molecule has 6 N–H and O–H groups in total.